The van der Waals surface area contributed by atoms with E-state index in [4.69, 9.17) is 10.00 Å². The summed E-state index contributed by atoms with van der Waals surface area (Å²) in [6, 6.07) is 5.97. The van der Waals surface area contributed by atoms with E-state index in [1.165, 1.54) is 0 Å². The van der Waals surface area contributed by atoms with E-state index in [-0.39, 0.29) is 0 Å². The first kappa shape index (κ1) is 9.47. The van der Waals surface area contributed by atoms with Crippen molar-refractivity contribution in [3.63, 3.8) is 0 Å². The number of nitriles is 1. The van der Waals surface area contributed by atoms with Crippen LogP contribution in [-0.2, 0) is 0 Å². The molecule has 0 saturated carbocycles. The summed E-state index contributed by atoms with van der Waals surface area (Å²) < 4.78 is 5.25. The fraction of sp³-hybridized carbons (Fsp3) is 0.167. The quantitative estimate of drug-likeness (QED) is 0.706. The van der Waals surface area contributed by atoms with E-state index in [1.54, 1.807) is 19.5 Å². The molecule has 74 valence electrons. The maximum Gasteiger partial charge on any atom is 0.128 e. The predicted octanol–water partition coefficient (Wildman–Crippen LogP) is 2.42. The lowest BCUT2D eigenvalue weighted by molar-refractivity contribution is 0.419. The van der Waals surface area contributed by atoms with Gasteiger partial charge in [-0.3, -0.25) is 4.98 Å². The lowest BCUT2D eigenvalue weighted by Gasteiger charge is -2.08. The highest BCUT2D eigenvalue weighted by atomic mass is 16.5. The molecule has 0 aliphatic heterocycles. The maximum absolute atomic E-state index is 9.00. The molecule has 3 heteroatoms. The SMILES string of the molecule is COc1ccc(C)c2cncc(C#N)c12. The van der Waals surface area contributed by atoms with Gasteiger partial charge < -0.3 is 4.74 Å². The topological polar surface area (TPSA) is 45.9 Å². The highest BCUT2D eigenvalue weighted by Crippen LogP contribution is 2.29. The van der Waals surface area contributed by atoms with Crippen LogP contribution in [0.3, 0.4) is 0 Å². The Balaban J connectivity index is 2.96. The Morgan fingerprint density at radius 3 is 2.80 bits per heavy atom. The van der Waals surface area contributed by atoms with Gasteiger partial charge in [0.05, 0.1) is 12.7 Å². The van der Waals surface area contributed by atoms with Crippen LogP contribution >= 0.6 is 0 Å². The number of pyridine rings is 1. The lowest BCUT2D eigenvalue weighted by Crippen LogP contribution is -1.91. The molecule has 15 heavy (non-hydrogen) atoms. The van der Waals surface area contributed by atoms with Crippen LogP contribution in [-0.4, -0.2) is 12.1 Å². The van der Waals surface area contributed by atoms with Crippen molar-refractivity contribution in [1.29, 1.82) is 5.26 Å². The van der Waals surface area contributed by atoms with E-state index in [9.17, 15) is 0 Å². The largest absolute Gasteiger partial charge is 0.496 e. The number of rotatable bonds is 1. The van der Waals surface area contributed by atoms with Crippen molar-refractivity contribution in [2.24, 2.45) is 0 Å². The first-order valence-electron chi connectivity index (χ1n) is 4.59. The minimum Gasteiger partial charge on any atom is -0.496 e. The van der Waals surface area contributed by atoms with Crippen LogP contribution in [0.1, 0.15) is 11.1 Å². The highest BCUT2D eigenvalue weighted by molar-refractivity contribution is 5.94. The zero-order valence-electron chi connectivity index (χ0n) is 8.61. The van der Waals surface area contributed by atoms with Gasteiger partial charge >= 0.3 is 0 Å². The van der Waals surface area contributed by atoms with Crippen LogP contribution in [0.15, 0.2) is 24.5 Å². The number of ether oxygens (including phenoxy) is 1. The summed E-state index contributed by atoms with van der Waals surface area (Å²) in [6.07, 6.45) is 3.32. The fourth-order valence-corrected chi connectivity index (χ4v) is 1.65. The summed E-state index contributed by atoms with van der Waals surface area (Å²) >= 11 is 0. The monoisotopic (exact) mass is 198 g/mol. The minimum absolute atomic E-state index is 0.549. The second-order valence-electron chi connectivity index (χ2n) is 3.31. The number of nitrogens with zero attached hydrogens (tertiary/aromatic N) is 2. The lowest BCUT2D eigenvalue weighted by atomic mass is 10.0. The Hall–Kier alpha value is -2.08. The van der Waals surface area contributed by atoms with E-state index in [0.717, 1.165) is 22.1 Å². The molecule has 0 saturated heterocycles. The third kappa shape index (κ3) is 1.40. The molecule has 0 N–H and O–H groups in total. The third-order valence-corrected chi connectivity index (χ3v) is 2.44. The Labute approximate surface area is 87.9 Å². The molecule has 1 aromatic heterocycles. The molecule has 0 spiro atoms. The molecule has 0 fully saturated rings. The average molecular weight is 198 g/mol. The van der Waals surface area contributed by atoms with E-state index in [1.807, 2.05) is 19.1 Å². The first-order chi connectivity index (χ1) is 7.27. The molecular weight excluding hydrogens is 188 g/mol. The van der Waals surface area contributed by atoms with Crippen LogP contribution in [0, 0.1) is 18.3 Å². The van der Waals surface area contributed by atoms with E-state index < -0.39 is 0 Å². The Morgan fingerprint density at radius 1 is 1.33 bits per heavy atom. The standard InChI is InChI=1S/C12H10N2O/c1-8-3-4-11(15-2)12-9(5-13)6-14-7-10(8)12/h3-4,6-7H,1-2H3. The molecule has 0 unspecified atom stereocenters. The minimum atomic E-state index is 0.549. The van der Waals surface area contributed by atoms with E-state index in [0.29, 0.717) is 5.56 Å². The second kappa shape index (κ2) is 3.58. The van der Waals surface area contributed by atoms with Gasteiger partial charge in [-0.15, -0.1) is 0 Å². The van der Waals surface area contributed by atoms with E-state index >= 15 is 0 Å². The molecular formula is C12H10N2O. The summed E-state index contributed by atoms with van der Waals surface area (Å²) in [5.74, 6) is 0.717. The van der Waals surface area contributed by atoms with Crippen LogP contribution in [0.4, 0.5) is 0 Å². The molecule has 1 heterocycles. The van der Waals surface area contributed by atoms with Crippen molar-refractivity contribution in [3.8, 4) is 11.8 Å². The zero-order chi connectivity index (χ0) is 10.8. The first-order valence-corrected chi connectivity index (χ1v) is 4.59. The summed E-state index contributed by atoms with van der Waals surface area (Å²) in [5, 5.41) is 10.8. The molecule has 2 rings (SSSR count). The number of benzene rings is 1. The summed E-state index contributed by atoms with van der Waals surface area (Å²) in [6.45, 7) is 1.99. The molecule has 0 radical (unpaired) electrons. The van der Waals surface area contributed by atoms with Crippen LogP contribution in [0.5, 0.6) is 5.75 Å². The molecule has 3 nitrogen and oxygen atoms in total. The summed E-state index contributed by atoms with van der Waals surface area (Å²) in [4.78, 5) is 4.04. The molecule has 0 bridgehead atoms. The van der Waals surface area contributed by atoms with Gasteiger partial charge in [0.15, 0.2) is 0 Å². The van der Waals surface area contributed by atoms with Gasteiger partial charge in [-0.25, -0.2) is 0 Å². The highest BCUT2D eigenvalue weighted by Gasteiger charge is 2.08. The van der Waals surface area contributed by atoms with E-state index in [2.05, 4.69) is 11.1 Å². The Kier molecular flexibility index (Phi) is 2.26. The Bertz CT molecular complexity index is 555. The third-order valence-electron chi connectivity index (χ3n) is 2.44. The normalized spacial score (nSPS) is 9.93. The van der Waals surface area contributed by atoms with Gasteiger partial charge in [0.2, 0.25) is 0 Å². The van der Waals surface area contributed by atoms with Gasteiger partial charge in [-0.05, 0) is 18.6 Å². The fourth-order valence-electron chi connectivity index (χ4n) is 1.65. The number of hydrogen-bond donors (Lipinski definition) is 0. The number of fused-ring (bicyclic) bond motifs is 1. The van der Waals surface area contributed by atoms with Crippen molar-refractivity contribution in [2.75, 3.05) is 7.11 Å². The van der Waals surface area contributed by atoms with Crippen molar-refractivity contribution in [1.82, 2.24) is 4.98 Å². The average Bonchev–Trinajstić information content (AvgIpc) is 2.29. The van der Waals surface area contributed by atoms with Crippen LogP contribution in [0.25, 0.3) is 10.8 Å². The van der Waals surface area contributed by atoms with Gasteiger partial charge in [-0.2, -0.15) is 5.26 Å². The molecule has 0 aliphatic rings. The maximum atomic E-state index is 9.00. The predicted molar refractivity (Wildman–Crippen MR) is 57.7 cm³/mol. The zero-order valence-corrected chi connectivity index (χ0v) is 8.61. The van der Waals surface area contributed by atoms with Gasteiger partial charge in [0.1, 0.15) is 11.8 Å². The van der Waals surface area contributed by atoms with Crippen molar-refractivity contribution in [2.45, 2.75) is 6.92 Å². The van der Waals surface area contributed by atoms with Gasteiger partial charge in [0, 0.05) is 23.2 Å². The summed E-state index contributed by atoms with van der Waals surface area (Å²) in [5.41, 5.74) is 1.64. The number of methoxy groups -OCH3 is 1. The molecule has 2 aromatic rings. The molecule has 0 atom stereocenters. The molecule has 1 aromatic carbocycles. The number of aryl methyl sites for hydroxylation is 1. The van der Waals surface area contributed by atoms with Crippen molar-refractivity contribution >= 4 is 10.8 Å². The van der Waals surface area contributed by atoms with Crippen molar-refractivity contribution < 1.29 is 4.74 Å². The smallest absolute Gasteiger partial charge is 0.128 e. The number of hydrogen-bond acceptors (Lipinski definition) is 3. The molecule has 0 amide bonds. The van der Waals surface area contributed by atoms with Gasteiger partial charge in [-0.1, -0.05) is 6.07 Å². The van der Waals surface area contributed by atoms with Crippen molar-refractivity contribution in [3.05, 3.63) is 35.7 Å². The Morgan fingerprint density at radius 2 is 2.13 bits per heavy atom. The molecule has 0 aliphatic carbocycles. The van der Waals surface area contributed by atoms with Crippen LogP contribution < -0.4 is 4.74 Å². The summed E-state index contributed by atoms with van der Waals surface area (Å²) in [7, 11) is 1.60. The van der Waals surface area contributed by atoms with Crippen LogP contribution in [0.2, 0.25) is 0 Å². The number of aromatic nitrogens is 1. The second-order valence-corrected chi connectivity index (χ2v) is 3.31. The van der Waals surface area contributed by atoms with Gasteiger partial charge in [0.25, 0.3) is 0 Å².